The summed E-state index contributed by atoms with van der Waals surface area (Å²) in [6.07, 6.45) is -3.81. The van der Waals surface area contributed by atoms with Gasteiger partial charge in [0, 0.05) is 18.3 Å². The van der Waals surface area contributed by atoms with E-state index in [0.717, 1.165) is 6.20 Å². The average Bonchev–Trinajstić information content (AvgIpc) is 2.30. The summed E-state index contributed by atoms with van der Waals surface area (Å²) in [5.74, 6) is -1.44. The lowest BCUT2D eigenvalue weighted by Gasteiger charge is -2.15. The number of hydrogen-bond donors (Lipinski definition) is 1. The maximum atomic E-state index is 12.2. The third kappa shape index (κ3) is 3.82. The van der Waals surface area contributed by atoms with Crippen molar-refractivity contribution in [2.45, 2.75) is 26.8 Å². The summed E-state index contributed by atoms with van der Waals surface area (Å²) in [4.78, 5) is 15.2. The van der Waals surface area contributed by atoms with Crippen LogP contribution in [0.5, 0.6) is 5.88 Å². The standard InChI is InChI=1S/C11H13F3N2O3/c1-3-18-10(17)8-6(2)9(19-11(12,13)14)16-5-7(8)4-15/h5H,3-4,15H2,1-2H3. The van der Waals surface area contributed by atoms with Gasteiger partial charge in [-0.2, -0.15) is 0 Å². The zero-order valence-electron chi connectivity index (χ0n) is 10.4. The quantitative estimate of drug-likeness (QED) is 0.852. The Labute approximate surface area is 107 Å². The Morgan fingerprint density at radius 1 is 1.47 bits per heavy atom. The molecule has 0 aliphatic heterocycles. The zero-order valence-corrected chi connectivity index (χ0v) is 10.4. The maximum Gasteiger partial charge on any atom is 0.574 e. The van der Waals surface area contributed by atoms with Crippen molar-refractivity contribution in [1.29, 1.82) is 0 Å². The molecule has 0 spiro atoms. The van der Waals surface area contributed by atoms with E-state index < -0.39 is 18.2 Å². The number of carbonyl (C=O) groups is 1. The van der Waals surface area contributed by atoms with E-state index in [-0.39, 0.29) is 24.3 Å². The Kier molecular flexibility index (Phi) is 4.71. The summed E-state index contributed by atoms with van der Waals surface area (Å²) < 4.78 is 45.1. The Hall–Kier alpha value is -1.83. The fourth-order valence-electron chi connectivity index (χ4n) is 1.50. The summed E-state index contributed by atoms with van der Waals surface area (Å²) in [6.45, 7) is 2.93. The first-order valence-electron chi connectivity index (χ1n) is 5.41. The van der Waals surface area contributed by atoms with Crippen LogP contribution in [0.2, 0.25) is 0 Å². The number of esters is 1. The number of ether oxygens (including phenoxy) is 2. The number of rotatable bonds is 4. The molecule has 0 aliphatic carbocycles. The van der Waals surface area contributed by atoms with Crippen LogP contribution in [-0.2, 0) is 11.3 Å². The van der Waals surface area contributed by atoms with Crippen molar-refractivity contribution in [3.05, 3.63) is 22.9 Å². The first kappa shape index (κ1) is 15.2. The van der Waals surface area contributed by atoms with E-state index in [9.17, 15) is 18.0 Å². The molecule has 0 atom stereocenters. The summed E-state index contributed by atoms with van der Waals surface area (Å²) in [6, 6.07) is 0. The molecule has 8 heteroatoms. The lowest BCUT2D eigenvalue weighted by molar-refractivity contribution is -0.276. The molecule has 0 radical (unpaired) electrons. The average molecular weight is 278 g/mol. The van der Waals surface area contributed by atoms with E-state index in [1.165, 1.54) is 6.92 Å². The smallest absolute Gasteiger partial charge is 0.462 e. The summed E-state index contributed by atoms with van der Waals surface area (Å²) in [5.41, 5.74) is 5.62. The van der Waals surface area contributed by atoms with Gasteiger partial charge in [0.25, 0.3) is 0 Å². The molecule has 0 saturated heterocycles. The highest BCUT2D eigenvalue weighted by molar-refractivity contribution is 5.93. The van der Waals surface area contributed by atoms with Crippen molar-refractivity contribution in [1.82, 2.24) is 4.98 Å². The largest absolute Gasteiger partial charge is 0.574 e. The van der Waals surface area contributed by atoms with Crippen LogP contribution in [0.1, 0.15) is 28.4 Å². The minimum absolute atomic E-state index is 0.0430. The third-order valence-electron chi connectivity index (χ3n) is 2.27. The normalized spacial score (nSPS) is 11.3. The number of pyridine rings is 1. The molecule has 0 bridgehead atoms. The van der Waals surface area contributed by atoms with Crippen LogP contribution in [0, 0.1) is 6.92 Å². The van der Waals surface area contributed by atoms with Gasteiger partial charge >= 0.3 is 12.3 Å². The van der Waals surface area contributed by atoms with Gasteiger partial charge in [-0.05, 0) is 19.4 Å². The summed E-state index contributed by atoms with van der Waals surface area (Å²) in [5, 5.41) is 0. The second-order valence-electron chi connectivity index (χ2n) is 3.56. The molecule has 0 aromatic carbocycles. The highest BCUT2D eigenvalue weighted by atomic mass is 19.4. The molecule has 0 fully saturated rings. The van der Waals surface area contributed by atoms with Crippen LogP contribution < -0.4 is 10.5 Å². The molecule has 5 nitrogen and oxygen atoms in total. The Morgan fingerprint density at radius 2 is 2.11 bits per heavy atom. The first-order valence-corrected chi connectivity index (χ1v) is 5.41. The minimum atomic E-state index is -4.88. The molecule has 0 saturated carbocycles. The maximum absolute atomic E-state index is 12.2. The van der Waals surface area contributed by atoms with Crippen LogP contribution in [0.3, 0.4) is 0 Å². The van der Waals surface area contributed by atoms with Crippen molar-refractivity contribution < 1.29 is 27.4 Å². The zero-order chi connectivity index (χ0) is 14.6. The monoisotopic (exact) mass is 278 g/mol. The SMILES string of the molecule is CCOC(=O)c1c(CN)cnc(OC(F)(F)F)c1C. The molecular weight excluding hydrogens is 265 g/mol. The molecule has 0 aliphatic rings. The van der Waals surface area contributed by atoms with Crippen molar-refractivity contribution in [3.63, 3.8) is 0 Å². The van der Waals surface area contributed by atoms with Gasteiger partial charge in [-0.25, -0.2) is 9.78 Å². The number of hydrogen-bond acceptors (Lipinski definition) is 5. The number of alkyl halides is 3. The molecule has 0 amide bonds. The highest BCUT2D eigenvalue weighted by Crippen LogP contribution is 2.28. The lowest BCUT2D eigenvalue weighted by atomic mass is 10.1. The number of carbonyl (C=O) groups excluding carboxylic acids is 1. The minimum Gasteiger partial charge on any atom is -0.462 e. The van der Waals surface area contributed by atoms with E-state index in [2.05, 4.69) is 9.72 Å². The van der Waals surface area contributed by atoms with Crippen LogP contribution in [0.25, 0.3) is 0 Å². The van der Waals surface area contributed by atoms with Gasteiger partial charge in [-0.15, -0.1) is 13.2 Å². The van der Waals surface area contributed by atoms with Gasteiger partial charge in [0.05, 0.1) is 12.2 Å². The molecule has 106 valence electrons. The van der Waals surface area contributed by atoms with Gasteiger partial charge in [0.2, 0.25) is 5.88 Å². The Bertz CT molecular complexity index is 475. The Balaban J connectivity index is 3.25. The van der Waals surface area contributed by atoms with E-state index in [0.29, 0.717) is 5.56 Å². The molecule has 1 heterocycles. The van der Waals surface area contributed by atoms with Crippen molar-refractivity contribution in [2.24, 2.45) is 5.73 Å². The number of aromatic nitrogens is 1. The van der Waals surface area contributed by atoms with Crippen molar-refractivity contribution in [3.8, 4) is 5.88 Å². The van der Waals surface area contributed by atoms with Gasteiger partial charge in [0.1, 0.15) is 0 Å². The van der Waals surface area contributed by atoms with Gasteiger partial charge in [-0.3, -0.25) is 0 Å². The van der Waals surface area contributed by atoms with Crippen LogP contribution in [0.15, 0.2) is 6.20 Å². The fraction of sp³-hybridized carbons (Fsp3) is 0.455. The van der Waals surface area contributed by atoms with Crippen LogP contribution in [-0.4, -0.2) is 23.9 Å². The topological polar surface area (TPSA) is 74.4 Å². The Morgan fingerprint density at radius 3 is 2.58 bits per heavy atom. The van der Waals surface area contributed by atoms with E-state index in [1.54, 1.807) is 6.92 Å². The van der Waals surface area contributed by atoms with E-state index in [4.69, 9.17) is 10.5 Å². The van der Waals surface area contributed by atoms with Gasteiger partial charge in [0.15, 0.2) is 0 Å². The molecular formula is C11H13F3N2O3. The van der Waals surface area contributed by atoms with E-state index >= 15 is 0 Å². The van der Waals surface area contributed by atoms with E-state index in [1.807, 2.05) is 0 Å². The summed E-state index contributed by atoms with van der Waals surface area (Å²) >= 11 is 0. The number of halogens is 3. The molecule has 1 aromatic rings. The second kappa shape index (κ2) is 5.87. The van der Waals surface area contributed by atoms with Gasteiger partial charge < -0.3 is 15.2 Å². The highest BCUT2D eigenvalue weighted by Gasteiger charge is 2.33. The lowest BCUT2D eigenvalue weighted by Crippen LogP contribution is -2.21. The molecule has 0 unspecified atom stereocenters. The second-order valence-corrected chi connectivity index (χ2v) is 3.56. The van der Waals surface area contributed by atoms with Crippen LogP contribution in [0.4, 0.5) is 13.2 Å². The van der Waals surface area contributed by atoms with Gasteiger partial charge in [-0.1, -0.05) is 0 Å². The first-order chi connectivity index (χ1) is 8.80. The predicted molar refractivity (Wildman–Crippen MR) is 59.5 cm³/mol. The molecule has 2 N–H and O–H groups in total. The number of nitrogens with zero attached hydrogens (tertiary/aromatic N) is 1. The fourth-order valence-corrected chi connectivity index (χ4v) is 1.50. The number of nitrogens with two attached hydrogens (primary N) is 1. The van der Waals surface area contributed by atoms with Crippen molar-refractivity contribution >= 4 is 5.97 Å². The molecule has 1 aromatic heterocycles. The summed E-state index contributed by atoms with van der Waals surface area (Å²) in [7, 11) is 0. The third-order valence-corrected chi connectivity index (χ3v) is 2.27. The van der Waals surface area contributed by atoms with Crippen LogP contribution >= 0.6 is 0 Å². The molecule has 1 rings (SSSR count). The predicted octanol–water partition coefficient (Wildman–Crippen LogP) is 1.92. The van der Waals surface area contributed by atoms with Crippen molar-refractivity contribution in [2.75, 3.05) is 6.61 Å². The molecule has 19 heavy (non-hydrogen) atoms.